The SMILES string of the molecule is C[C@H]1C[C@@H](Oc2ccc(F)cc2)CN1. The summed E-state index contributed by atoms with van der Waals surface area (Å²) in [5.74, 6) is 0.516. The predicted molar refractivity (Wildman–Crippen MR) is 52.9 cm³/mol. The largest absolute Gasteiger partial charge is 0.489 e. The number of hydrogen-bond donors (Lipinski definition) is 1. The smallest absolute Gasteiger partial charge is 0.123 e. The van der Waals surface area contributed by atoms with Crippen LogP contribution in [0.1, 0.15) is 13.3 Å². The van der Waals surface area contributed by atoms with E-state index in [0.717, 1.165) is 18.7 Å². The van der Waals surface area contributed by atoms with Crippen LogP contribution in [0.2, 0.25) is 0 Å². The van der Waals surface area contributed by atoms with Crippen LogP contribution < -0.4 is 10.1 Å². The van der Waals surface area contributed by atoms with E-state index in [2.05, 4.69) is 12.2 Å². The van der Waals surface area contributed by atoms with Crippen molar-refractivity contribution in [3.63, 3.8) is 0 Å². The van der Waals surface area contributed by atoms with E-state index in [9.17, 15) is 4.39 Å². The van der Waals surface area contributed by atoms with Crippen LogP contribution in [0.4, 0.5) is 4.39 Å². The molecule has 3 heteroatoms. The van der Waals surface area contributed by atoms with E-state index in [1.54, 1.807) is 12.1 Å². The molecule has 0 spiro atoms. The van der Waals surface area contributed by atoms with Crippen molar-refractivity contribution >= 4 is 0 Å². The highest BCUT2D eigenvalue weighted by Gasteiger charge is 2.21. The molecule has 1 heterocycles. The molecule has 0 bridgehead atoms. The second-order valence-corrected chi connectivity index (χ2v) is 3.74. The number of nitrogens with one attached hydrogen (secondary N) is 1. The highest BCUT2D eigenvalue weighted by molar-refractivity contribution is 5.22. The first-order chi connectivity index (χ1) is 6.74. The lowest BCUT2D eigenvalue weighted by molar-refractivity contribution is 0.220. The summed E-state index contributed by atoms with van der Waals surface area (Å²) < 4.78 is 18.3. The number of hydrogen-bond acceptors (Lipinski definition) is 2. The Morgan fingerprint density at radius 3 is 2.64 bits per heavy atom. The Balaban J connectivity index is 1.94. The Morgan fingerprint density at radius 1 is 1.36 bits per heavy atom. The molecule has 2 rings (SSSR count). The Kier molecular flexibility index (Phi) is 2.68. The summed E-state index contributed by atoms with van der Waals surface area (Å²) in [7, 11) is 0. The molecule has 0 amide bonds. The number of benzene rings is 1. The van der Waals surface area contributed by atoms with E-state index in [1.165, 1.54) is 12.1 Å². The zero-order valence-corrected chi connectivity index (χ0v) is 8.16. The second kappa shape index (κ2) is 3.96. The molecule has 0 saturated carbocycles. The molecule has 0 aromatic heterocycles. The molecule has 1 aromatic rings. The maximum atomic E-state index is 12.6. The normalized spacial score (nSPS) is 26.4. The predicted octanol–water partition coefficient (Wildman–Crippen LogP) is 1.95. The number of ether oxygens (including phenoxy) is 1. The van der Waals surface area contributed by atoms with Gasteiger partial charge in [-0.3, -0.25) is 0 Å². The average Bonchev–Trinajstić information content (AvgIpc) is 2.56. The fraction of sp³-hybridized carbons (Fsp3) is 0.455. The molecule has 1 aliphatic rings. The molecular formula is C11H14FNO. The zero-order valence-electron chi connectivity index (χ0n) is 8.16. The van der Waals surface area contributed by atoms with Gasteiger partial charge in [-0.15, -0.1) is 0 Å². The Bertz CT molecular complexity index is 299. The van der Waals surface area contributed by atoms with Crippen molar-refractivity contribution in [3.8, 4) is 5.75 Å². The average molecular weight is 195 g/mol. The summed E-state index contributed by atoms with van der Waals surface area (Å²) >= 11 is 0. The first kappa shape index (κ1) is 9.46. The molecular weight excluding hydrogens is 181 g/mol. The van der Waals surface area contributed by atoms with Gasteiger partial charge < -0.3 is 10.1 Å². The molecule has 2 nitrogen and oxygen atoms in total. The van der Waals surface area contributed by atoms with Gasteiger partial charge in [-0.1, -0.05) is 0 Å². The molecule has 1 saturated heterocycles. The van der Waals surface area contributed by atoms with Crippen molar-refractivity contribution in [2.75, 3.05) is 6.54 Å². The van der Waals surface area contributed by atoms with Crippen molar-refractivity contribution in [2.45, 2.75) is 25.5 Å². The van der Waals surface area contributed by atoms with E-state index in [4.69, 9.17) is 4.74 Å². The summed E-state index contributed by atoms with van der Waals surface area (Å²) in [5.41, 5.74) is 0. The molecule has 1 N–H and O–H groups in total. The van der Waals surface area contributed by atoms with Crippen molar-refractivity contribution in [3.05, 3.63) is 30.1 Å². The van der Waals surface area contributed by atoms with Gasteiger partial charge in [0.2, 0.25) is 0 Å². The van der Waals surface area contributed by atoms with Crippen LogP contribution >= 0.6 is 0 Å². The van der Waals surface area contributed by atoms with Gasteiger partial charge in [0.25, 0.3) is 0 Å². The third kappa shape index (κ3) is 2.23. The first-order valence-corrected chi connectivity index (χ1v) is 4.89. The summed E-state index contributed by atoms with van der Waals surface area (Å²) in [5, 5.41) is 3.30. The first-order valence-electron chi connectivity index (χ1n) is 4.89. The summed E-state index contributed by atoms with van der Waals surface area (Å²) in [6.45, 7) is 3.01. The highest BCUT2D eigenvalue weighted by atomic mass is 19.1. The standard InChI is InChI=1S/C11H14FNO/c1-8-6-11(7-13-8)14-10-4-2-9(12)3-5-10/h2-5,8,11,13H,6-7H2,1H3/t8-,11+/m0/s1. The second-order valence-electron chi connectivity index (χ2n) is 3.74. The van der Waals surface area contributed by atoms with Crippen molar-refractivity contribution in [1.29, 1.82) is 0 Å². The number of halogens is 1. The van der Waals surface area contributed by atoms with E-state index < -0.39 is 0 Å². The van der Waals surface area contributed by atoms with Crippen LogP contribution in [-0.4, -0.2) is 18.7 Å². The van der Waals surface area contributed by atoms with Gasteiger partial charge >= 0.3 is 0 Å². The Labute approximate surface area is 83.1 Å². The molecule has 1 fully saturated rings. The van der Waals surface area contributed by atoms with Crippen LogP contribution in [0.3, 0.4) is 0 Å². The van der Waals surface area contributed by atoms with Crippen LogP contribution in [-0.2, 0) is 0 Å². The lowest BCUT2D eigenvalue weighted by atomic mass is 10.2. The zero-order chi connectivity index (χ0) is 9.97. The van der Waals surface area contributed by atoms with Gasteiger partial charge in [0, 0.05) is 19.0 Å². The molecule has 0 aliphatic carbocycles. The minimum Gasteiger partial charge on any atom is -0.489 e. The Hall–Kier alpha value is -1.09. The lowest BCUT2D eigenvalue weighted by Crippen LogP contribution is -2.20. The van der Waals surface area contributed by atoms with E-state index >= 15 is 0 Å². The van der Waals surface area contributed by atoms with Crippen LogP contribution in [0.15, 0.2) is 24.3 Å². The molecule has 1 aliphatic heterocycles. The van der Waals surface area contributed by atoms with Gasteiger partial charge in [0.1, 0.15) is 17.7 Å². The van der Waals surface area contributed by atoms with Gasteiger partial charge in [-0.05, 0) is 31.2 Å². The molecule has 76 valence electrons. The van der Waals surface area contributed by atoms with Crippen molar-refractivity contribution in [1.82, 2.24) is 5.32 Å². The van der Waals surface area contributed by atoms with E-state index in [0.29, 0.717) is 6.04 Å². The minimum atomic E-state index is -0.227. The quantitative estimate of drug-likeness (QED) is 0.778. The summed E-state index contributed by atoms with van der Waals surface area (Å²) in [6, 6.07) is 6.68. The fourth-order valence-corrected chi connectivity index (χ4v) is 1.69. The minimum absolute atomic E-state index is 0.218. The van der Waals surface area contributed by atoms with Crippen LogP contribution in [0.5, 0.6) is 5.75 Å². The summed E-state index contributed by atoms with van der Waals surface area (Å²) in [4.78, 5) is 0. The summed E-state index contributed by atoms with van der Waals surface area (Å²) in [6.07, 6.45) is 1.23. The molecule has 0 unspecified atom stereocenters. The Morgan fingerprint density at radius 2 is 2.07 bits per heavy atom. The van der Waals surface area contributed by atoms with Crippen LogP contribution in [0.25, 0.3) is 0 Å². The van der Waals surface area contributed by atoms with Crippen molar-refractivity contribution < 1.29 is 9.13 Å². The topological polar surface area (TPSA) is 21.3 Å². The monoisotopic (exact) mass is 195 g/mol. The van der Waals surface area contributed by atoms with Gasteiger partial charge in [0.05, 0.1) is 0 Å². The fourth-order valence-electron chi connectivity index (χ4n) is 1.69. The van der Waals surface area contributed by atoms with Gasteiger partial charge in [-0.2, -0.15) is 0 Å². The maximum absolute atomic E-state index is 12.6. The van der Waals surface area contributed by atoms with E-state index in [1.807, 2.05) is 0 Å². The molecule has 2 atom stereocenters. The lowest BCUT2D eigenvalue weighted by Gasteiger charge is -2.12. The van der Waals surface area contributed by atoms with Gasteiger partial charge in [-0.25, -0.2) is 4.39 Å². The van der Waals surface area contributed by atoms with Crippen LogP contribution in [0, 0.1) is 5.82 Å². The van der Waals surface area contributed by atoms with E-state index in [-0.39, 0.29) is 11.9 Å². The molecule has 14 heavy (non-hydrogen) atoms. The van der Waals surface area contributed by atoms with Gasteiger partial charge in [0.15, 0.2) is 0 Å². The third-order valence-corrected chi connectivity index (χ3v) is 2.43. The molecule has 1 aromatic carbocycles. The maximum Gasteiger partial charge on any atom is 0.123 e. The molecule has 0 radical (unpaired) electrons. The third-order valence-electron chi connectivity index (χ3n) is 2.43. The number of rotatable bonds is 2. The highest BCUT2D eigenvalue weighted by Crippen LogP contribution is 2.17. The van der Waals surface area contributed by atoms with Crippen molar-refractivity contribution in [2.24, 2.45) is 0 Å².